The molecule has 204 valence electrons. The molecule has 0 aliphatic rings. The Kier molecular flexibility index (Phi) is 10.1. The Hall–Kier alpha value is -3.94. The van der Waals surface area contributed by atoms with E-state index in [9.17, 15) is 15.0 Å². The number of nitriles is 1. The number of benzene rings is 3. The standard InChI is InChI=1S/C30H25BrClN3O5/c31-29-21(7-4-8-24(29)20-5-2-1-3-6-20)18-40-28-13-27(39-17-19-9-10-34-23(11-19)14-33)22(12-25(28)32)15-35-26(16-36)30(37)38/h1-13,26,35-36H,15-18H2,(H,37,38). The number of ether oxygens (including phenoxy) is 2. The third-order valence-electron chi connectivity index (χ3n) is 6.01. The summed E-state index contributed by atoms with van der Waals surface area (Å²) in [5.74, 6) is -0.400. The normalized spacial score (nSPS) is 11.4. The van der Waals surface area contributed by atoms with Crippen molar-refractivity contribution in [1.82, 2.24) is 10.3 Å². The molecule has 0 aliphatic heterocycles. The molecule has 1 unspecified atom stereocenters. The quantitative estimate of drug-likeness (QED) is 0.183. The maximum absolute atomic E-state index is 11.4. The number of hydrogen-bond acceptors (Lipinski definition) is 7. The lowest BCUT2D eigenvalue weighted by Crippen LogP contribution is -2.39. The van der Waals surface area contributed by atoms with Crippen LogP contribution in [0.15, 0.2) is 83.5 Å². The van der Waals surface area contributed by atoms with E-state index >= 15 is 0 Å². The number of nitrogens with one attached hydrogen (secondary N) is 1. The number of pyridine rings is 1. The molecular formula is C30H25BrClN3O5. The van der Waals surface area contributed by atoms with Crippen molar-refractivity contribution in [2.45, 2.75) is 25.8 Å². The van der Waals surface area contributed by atoms with Crippen LogP contribution in [0.25, 0.3) is 11.1 Å². The number of halogens is 2. The first-order valence-corrected chi connectivity index (χ1v) is 13.4. The van der Waals surface area contributed by atoms with Crippen LogP contribution in [0.5, 0.6) is 11.5 Å². The molecule has 3 aromatic carbocycles. The summed E-state index contributed by atoms with van der Waals surface area (Å²) < 4.78 is 13.1. The van der Waals surface area contributed by atoms with Gasteiger partial charge in [0.05, 0.1) is 11.6 Å². The summed E-state index contributed by atoms with van der Waals surface area (Å²) in [7, 11) is 0. The molecule has 4 aromatic rings. The topological polar surface area (TPSA) is 125 Å². The first kappa shape index (κ1) is 29.1. The van der Waals surface area contributed by atoms with Gasteiger partial charge in [-0.25, -0.2) is 4.98 Å². The molecule has 0 saturated carbocycles. The molecule has 1 aromatic heterocycles. The van der Waals surface area contributed by atoms with Crippen molar-refractivity contribution in [3.05, 3.63) is 111 Å². The molecule has 1 heterocycles. The van der Waals surface area contributed by atoms with Gasteiger partial charge in [0, 0.05) is 34.4 Å². The highest BCUT2D eigenvalue weighted by molar-refractivity contribution is 9.10. The fraction of sp³-hybridized carbons (Fsp3) is 0.167. The highest BCUT2D eigenvalue weighted by atomic mass is 79.9. The van der Waals surface area contributed by atoms with Gasteiger partial charge in [-0.15, -0.1) is 0 Å². The Balaban J connectivity index is 1.58. The van der Waals surface area contributed by atoms with E-state index in [4.69, 9.17) is 26.3 Å². The number of aromatic nitrogens is 1. The Labute approximate surface area is 244 Å². The van der Waals surface area contributed by atoms with E-state index in [-0.39, 0.29) is 25.5 Å². The molecule has 4 rings (SSSR count). The Morgan fingerprint density at radius 3 is 2.52 bits per heavy atom. The van der Waals surface area contributed by atoms with Crippen LogP contribution < -0.4 is 14.8 Å². The van der Waals surface area contributed by atoms with Crippen molar-refractivity contribution in [1.29, 1.82) is 5.26 Å². The summed E-state index contributed by atoms with van der Waals surface area (Å²) in [6, 6.07) is 23.4. The number of aliphatic carboxylic acids is 1. The SMILES string of the molecule is N#Cc1cc(COc2cc(OCc3cccc(-c4ccccc4)c3Br)c(Cl)cc2CNC(CO)C(=O)O)ccn1. The second-order valence-corrected chi connectivity index (χ2v) is 9.93. The van der Waals surface area contributed by atoms with Crippen LogP contribution in [0.1, 0.15) is 22.4 Å². The minimum absolute atomic E-state index is 0.0668. The summed E-state index contributed by atoms with van der Waals surface area (Å²) >= 11 is 10.3. The first-order valence-electron chi connectivity index (χ1n) is 12.2. The summed E-state index contributed by atoms with van der Waals surface area (Å²) in [4.78, 5) is 15.3. The van der Waals surface area contributed by atoms with Crippen molar-refractivity contribution < 1.29 is 24.5 Å². The van der Waals surface area contributed by atoms with Crippen molar-refractivity contribution in [3.8, 4) is 28.7 Å². The van der Waals surface area contributed by atoms with Crippen LogP contribution in [0, 0.1) is 11.3 Å². The second-order valence-electron chi connectivity index (χ2n) is 8.73. The van der Waals surface area contributed by atoms with Gasteiger partial charge in [0.25, 0.3) is 0 Å². The lowest BCUT2D eigenvalue weighted by atomic mass is 10.0. The number of rotatable bonds is 12. The van der Waals surface area contributed by atoms with Crippen LogP contribution in [0.3, 0.4) is 0 Å². The zero-order valence-electron chi connectivity index (χ0n) is 21.2. The maximum Gasteiger partial charge on any atom is 0.323 e. The van der Waals surface area contributed by atoms with Gasteiger partial charge in [-0.2, -0.15) is 5.26 Å². The minimum atomic E-state index is -1.18. The zero-order chi connectivity index (χ0) is 28.5. The predicted octanol–water partition coefficient (Wildman–Crippen LogP) is 5.73. The molecule has 0 saturated heterocycles. The van der Waals surface area contributed by atoms with Gasteiger partial charge in [-0.05, 0) is 50.8 Å². The number of aliphatic hydroxyl groups is 1. The van der Waals surface area contributed by atoms with Gasteiger partial charge in [0.2, 0.25) is 0 Å². The van der Waals surface area contributed by atoms with Crippen molar-refractivity contribution in [2.24, 2.45) is 0 Å². The highest BCUT2D eigenvalue weighted by Gasteiger charge is 2.18. The average Bonchev–Trinajstić information content (AvgIpc) is 2.97. The molecule has 10 heteroatoms. The van der Waals surface area contributed by atoms with E-state index in [1.807, 2.05) is 54.6 Å². The fourth-order valence-electron chi connectivity index (χ4n) is 3.90. The third-order valence-corrected chi connectivity index (χ3v) is 7.25. The third kappa shape index (κ3) is 7.37. The molecular weight excluding hydrogens is 598 g/mol. The smallest absolute Gasteiger partial charge is 0.323 e. The maximum atomic E-state index is 11.4. The average molecular weight is 623 g/mol. The first-order chi connectivity index (χ1) is 19.4. The number of aliphatic hydroxyl groups excluding tert-OH is 1. The number of carbonyl (C=O) groups is 1. The predicted molar refractivity (Wildman–Crippen MR) is 154 cm³/mol. The van der Waals surface area contributed by atoms with Crippen molar-refractivity contribution >= 4 is 33.5 Å². The molecule has 0 fully saturated rings. The lowest BCUT2D eigenvalue weighted by molar-refractivity contribution is -0.140. The van der Waals surface area contributed by atoms with Gasteiger partial charge < -0.3 is 19.7 Å². The van der Waals surface area contributed by atoms with Gasteiger partial charge >= 0.3 is 5.97 Å². The Morgan fingerprint density at radius 1 is 1.02 bits per heavy atom. The summed E-state index contributed by atoms with van der Waals surface area (Å²) in [5, 5.41) is 30.9. The van der Waals surface area contributed by atoms with Crippen molar-refractivity contribution in [3.63, 3.8) is 0 Å². The Bertz CT molecular complexity index is 1530. The highest BCUT2D eigenvalue weighted by Crippen LogP contribution is 2.36. The molecule has 0 amide bonds. The van der Waals surface area contributed by atoms with Gasteiger partial charge in [-0.3, -0.25) is 10.1 Å². The van der Waals surface area contributed by atoms with E-state index in [1.54, 1.807) is 24.3 Å². The van der Waals surface area contributed by atoms with Crippen LogP contribution in [0.4, 0.5) is 0 Å². The van der Waals surface area contributed by atoms with E-state index in [0.717, 1.165) is 26.7 Å². The zero-order valence-corrected chi connectivity index (χ0v) is 23.5. The Morgan fingerprint density at radius 2 is 1.80 bits per heavy atom. The van der Waals surface area contributed by atoms with Crippen LogP contribution in [-0.2, 0) is 24.6 Å². The number of nitrogens with zero attached hydrogens (tertiary/aromatic N) is 2. The van der Waals surface area contributed by atoms with E-state index in [0.29, 0.717) is 22.1 Å². The van der Waals surface area contributed by atoms with Gasteiger partial charge in [0.1, 0.15) is 42.5 Å². The fourth-order valence-corrected chi connectivity index (χ4v) is 4.74. The van der Waals surface area contributed by atoms with Crippen LogP contribution in [-0.4, -0.2) is 33.8 Å². The van der Waals surface area contributed by atoms with E-state index < -0.39 is 18.6 Å². The number of carboxylic acids is 1. The monoisotopic (exact) mass is 621 g/mol. The summed E-state index contributed by atoms with van der Waals surface area (Å²) in [5.41, 5.74) is 4.57. The second kappa shape index (κ2) is 13.9. The van der Waals surface area contributed by atoms with E-state index in [2.05, 4.69) is 26.2 Å². The van der Waals surface area contributed by atoms with Gasteiger partial charge in [-0.1, -0.05) is 60.1 Å². The molecule has 40 heavy (non-hydrogen) atoms. The summed E-state index contributed by atoms with van der Waals surface area (Å²) in [6.07, 6.45) is 1.52. The molecule has 8 nitrogen and oxygen atoms in total. The lowest BCUT2D eigenvalue weighted by Gasteiger charge is -2.18. The molecule has 0 radical (unpaired) electrons. The largest absolute Gasteiger partial charge is 0.488 e. The summed E-state index contributed by atoms with van der Waals surface area (Å²) in [6.45, 7) is -0.166. The number of hydrogen-bond donors (Lipinski definition) is 3. The van der Waals surface area contributed by atoms with Crippen molar-refractivity contribution in [2.75, 3.05) is 6.61 Å². The molecule has 3 N–H and O–H groups in total. The molecule has 1 atom stereocenters. The molecule has 0 spiro atoms. The van der Waals surface area contributed by atoms with Gasteiger partial charge in [0.15, 0.2) is 0 Å². The molecule has 0 aliphatic carbocycles. The van der Waals surface area contributed by atoms with Crippen LogP contribution >= 0.6 is 27.5 Å². The van der Waals surface area contributed by atoms with Crippen LogP contribution in [0.2, 0.25) is 5.02 Å². The number of carboxylic acid groups (broad SMARTS) is 1. The van der Waals surface area contributed by atoms with E-state index in [1.165, 1.54) is 6.20 Å². The minimum Gasteiger partial charge on any atom is -0.488 e. The molecule has 0 bridgehead atoms.